The molecule has 29 heavy (non-hydrogen) atoms. The van der Waals surface area contributed by atoms with E-state index < -0.39 is 6.03 Å². The summed E-state index contributed by atoms with van der Waals surface area (Å²) in [7, 11) is 0. The van der Waals surface area contributed by atoms with Crippen molar-refractivity contribution in [1.29, 1.82) is 0 Å². The molecule has 0 saturated carbocycles. The molecule has 0 bridgehead atoms. The average Bonchev–Trinajstić information content (AvgIpc) is 3.36. The van der Waals surface area contributed by atoms with E-state index in [0.717, 1.165) is 44.1 Å². The van der Waals surface area contributed by atoms with Crippen LogP contribution >= 0.6 is 11.8 Å². The lowest BCUT2D eigenvalue weighted by molar-refractivity contribution is -0.117. The first-order chi connectivity index (χ1) is 14.1. The molecule has 1 saturated heterocycles. The van der Waals surface area contributed by atoms with Crippen LogP contribution in [0.3, 0.4) is 0 Å². The summed E-state index contributed by atoms with van der Waals surface area (Å²) < 4.78 is 7.48. The molecule has 0 radical (unpaired) electrons. The second kappa shape index (κ2) is 10.3. The second-order valence-electron chi connectivity index (χ2n) is 7.21. The van der Waals surface area contributed by atoms with E-state index >= 15 is 0 Å². The average molecular weight is 421 g/mol. The first-order valence-corrected chi connectivity index (χ1v) is 11.0. The number of amides is 3. The van der Waals surface area contributed by atoms with Crippen LogP contribution in [0.15, 0.2) is 28.0 Å². The van der Waals surface area contributed by atoms with Crippen molar-refractivity contribution < 1.29 is 14.0 Å². The lowest BCUT2D eigenvalue weighted by Gasteiger charge is -2.31. The number of aromatic nitrogens is 3. The highest BCUT2D eigenvalue weighted by Gasteiger charge is 2.23. The maximum Gasteiger partial charge on any atom is 0.321 e. The van der Waals surface area contributed by atoms with Gasteiger partial charge >= 0.3 is 6.03 Å². The van der Waals surface area contributed by atoms with Gasteiger partial charge in [-0.1, -0.05) is 25.6 Å². The van der Waals surface area contributed by atoms with E-state index in [0.29, 0.717) is 24.2 Å². The highest BCUT2D eigenvalue weighted by molar-refractivity contribution is 7.99. The van der Waals surface area contributed by atoms with Crippen molar-refractivity contribution in [3.8, 4) is 0 Å². The molecule has 0 atom stereocenters. The van der Waals surface area contributed by atoms with Gasteiger partial charge in [0, 0.05) is 19.6 Å². The highest BCUT2D eigenvalue weighted by Crippen LogP contribution is 2.27. The molecule has 10 heteroatoms. The van der Waals surface area contributed by atoms with Gasteiger partial charge in [-0.3, -0.25) is 14.7 Å². The highest BCUT2D eigenvalue weighted by atomic mass is 32.2. The zero-order valence-corrected chi connectivity index (χ0v) is 17.7. The van der Waals surface area contributed by atoms with Crippen molar-refractivity contribution in [3.63, 3.8) is 0 Å². The lowest BCUT2D eigenvalue weighted by atomic mass is 10.00. The summed E-state index contributed by atoms with van der Waals surface area (Å²) in [6.45, 7) is 7.09. The van der Waals surface area contributed by atoms with Gasteiger partial charge in [0.15, 0.2) is 5.16 Å². The molecule has 0 aliphatic carbocycles. The number of imide groups is 1. The Balaban J connectivity index is 1.67. The number of hydrogen-bond donors (Lipinski definition) is 2. The summed E-state index contributed by atoms with van der Waals surface area (Å²) in [5, 5.41) is 14.3. The van der Waals surface area contributed by atoms with E-state index in [1.165, 1.54) is 11.8 Å². The zero-order chi connectivity index (χ0) is 20.6. The second-order valence-corrected chi connectivity index (χ2v) is 8.15. The quantitative estimate of drug-likeness (QED) is 0.632. The smallest absolute Gasteiger partial charge is 0.321 e. The number of thioether (sulfide) groups is 1. The molecular weight excluding hydrogens is 392 g/mol. The SMILES string of the molecule is CCCNC(=O)NC(=O)CSc1nnc(N2CCC(C)CC2)n1Cc1ccco1. The summed E-state index contributed by atoms with van der Waals surface area (Å²) in [4.78, 5) is 26.0. The van der Waals surface area contributed by atoms with Crippen molar-refractivity contribution in [2.75, 3.05) is 30.3 Å². The third-order valence-electron chi connectivity index (χ3n) is 4.78. The number of urea groups is 1. The van der Waals surface area contributed by atoms with Gasteiger partial charge in [-0.05, 0) is 37.3 Å². The standard InChI is InChI=1S/C19H28N6O3S/c1-3-8-20-17(27)21-16(26)13-29-19-23-22-18(24-9-6-14(2)7-10-24)25(19)12-15-5-4-11-28-15/h4-5,11,14H,3,6-10,12-13H2,1-2H3,(H2,20,21,26,27). The first kappa shape index (κ1) is 21.2. The van der Waals surface area contributed by atoms with E-state index in [-0.39, 0.29) is 11.7 Å². The van der Waals surface area contributed by atoms with Gasteiger partial charge in [0.05, 0.1) is 18.6 Å². The van der Waals surface area contributed by atoms with E-state index in [2.05, 4.69) is 32.7 Å². The minimum Gasteiger partial charge on any atom is -0.467 e. The number of piperidine rings is 1. The summed E-state index contributed by atoms with van der Waals surface area (Å²) >= 11 is 1.26. The molecule has 1 aliphatic rings. The third-order valence-corrected chi connectivity index (χ3v) is 5.75. The molecular formula is C19H28N6O3S. The van der Waals surface area contributed by atoms with E-state index in [4.69, 9.17) is 4.42 Å². The largest absolute Gasteiger partial charge is 0.467 e. The van der Waals surface area contributed by atoms with Crippen LogP contribution in [0.1, 0.15) is 38.9 Å². The normalized spacial score (nSPS) is 14.8. The Hall–Kier alpha value is -2.49. The molecule has 1 fully saturated rings. The van der Waals surface area contributed by atoms with Gasteiger partial charge in [0.2, 0.25) is 11.9 Å². The maximum atomic E-state index is 12.1. The molecule has 2 aromatic rings. The summed E-state index contributed by atoms with van der Waals surface area (Å²) in [6, 6.07) is 3.27. The van der Waals surface area contributed by atoms with Crippen LogP contribution in [-0.4, -0.2) is 52.1 Å². The van der Waals surface area contributed by atoms with Crippen LogP contribution in [0.4, 0.5) is 10.7 Å². The first-order valence-electron chi connectivity index (χ1n) is 9.97. The van der Waals surface area contributed by atoms with Crippen molar-refractivity contribution in [3.05, 3.63) is 24.2 Å². The van der Waals surface area contributed by atoms with Crippen LogP contribution in [0.2, 0.25) is 0 Å². The van der Waals surface area contributed by atoms with Crippen LogP contribution in [0.25, 0.3) is 0 Å². The molecule has 2 aromatic heterocycles. The van der Waals surface area contributed by atoms with Gasteiger partial charge in [-0.25, -0.2) is 4.79 Å². The third kappa shape index (κ3) is 5.99. The summed E-state index contributed by atoms with van der Waals surface area (Å²) in [6.07, 6.45) is 4.68. The fourth-order valence-electron chi connectivity index (χ4n) is 3.10. The minimum absolute atomic E-state index is 0.0763. The van der Waals surface area contributed by atoms with Crippen LogP contribution in [0.5, 0.6) is 0 Å². The fraction of sp³-hybridized carbons (Fsp3) is 0.579. The van der Waals surface area contributed by atoms with Crippen molar-refractivity contribution in [2.45, 2.75) is 44.8 Å². The summed E-state index contributed by atoms with van der Waals surface area (Å²) in [5.74, 6) is 2.00. The molecule has 0 aromatic carbocycles. The van der Waals surface area contributed by atoms with E-state index in [9.17, 15) is 9.59 Å². The number of carbonyl (C=O) groups is 2. The van der Waals surface area contributed by atoms with Crippen molar-refractivity contribution >= 4 is 29.6 Å². The maximum absolute atomic E-state index is 12.1. The predicted molar refractivity (Wildman–Crippen MR) is 111 cm³/mol. The van der Waals surface area contributed by atoms with Crippen LogP contribution in [-0.2, 0) is 11.3 Å². The zero-order valence-electron chi connectivity index (χ0n) is 16.9. The van der Waals surface area contributed by atoms with Gasteiger partial charge in [0.25, 0.3) is 0 Å². The minimum atomic E-state index is -0.474. The Morgan fingerprint density at radius 3 is 2.79 bits per heavy atom. The van der Waals surface area contributed by atoms with Gasteiger partial charge < -0.3 is 14.6 Å². The number of rotatable bonds is 8. The lowest BCUT2D eigenvalue weighted by Crippen LogP contribution is -2.40. The number of anilines is 1. The topological polar surface area (TPSA) is 105 Å². The van der Waals surface area contributed by atoms with Gasteiger partial charge in [-0.15, -0.1) is 10.2 Å². The Morgan fingerprint density at radius 2 is 2.10 bits per heavy atom. The number of furan rings is 1. The van der Waals surface area contributed by atoms with Crippen molar-refractivity contribution in [1.82, 2.24) is 25.4 Å². The Kier molecular flexibility index (Phi) is 7.56. The number of carbonyl (C=O) groups excluding carboxylic acids is 2. The molecule has 158 valence electrons. The van der Waals surface area contributed by atoms with E-state index in [1.807, 2.05) is 23.6 Å². The molecule has 0 unspecified atom stereocenters. The Morgan fingerprint density at radius 1 is 1.31 bits per heavy atom. The van der Waals surface area contributed by atoms with Crippen LogP contribution in [0, 0.1) is 5.92 Å². The number of nitrogens with one attached hydrogen (secondary N) is 2. The Labute approximate surface area is 174 Å². The van der Waals surface area contributed by atoms with Gasteiger partial charge in [0.1, 0.15) is 5.76 Å². The molecule has 0 spiro atoms. The molecule has 9 nitrogen and oxygen atoms in total. The molecule has 3 heterocycles. The molecule has 3 rings (SSSR count). The van der Waals surface area contributed by atoms with Gasteiger partial charge in [-0.2, -0.15) is 0 Å². The van der Waals surface area contributed by atoms with E-state index in [1.54, 1.807) is 6.26 Å². The molecule has 3 amide bonds. The Bertz CT molecular complexity index is 799. The number of hydrogen-bond acceptors (Lipinski definition) is 7. The van der Waals surface area contributed by atoms with Crippen molar-refractivity contribution in [2.24, 2.45) is 5.92 Å². The molecule has 1 aliphatic heterocycles. The fourth-order valence-corrected chi connectivity index (χ4v) is 3.84. The molecule has 2 N–H and O–H groups in total. The number of nitrogens with zero attached hydrogens (tertiary/aromatic N) is 4. The monoisotopic (exact) mass is 420 g/mol. The van der Waals surface area contributed by atoms with Crippen LogP contribution < -0.4 is 15.5 Å². The predicted octanol–water partition coefficient (Wildman–Crippen LogP) is 2.48. The summed E-state index contributed by atoms with van der Waals surface area (Å²) in [5.41, 5.74) is 0.